The van der Waals surface area contributed by atoms with Crippen molar-refractivity contribution in [3.8, 4) is 45.0 Å². The lowest BCUT2D eigenvalue weighted by molar-refractivity contribution is -0.388. The highest BCUT2D eigenvalue weighted by Gasteiger charge is 2.56. The largest absolute Gasteiger partial charge is 0.462 e. The van der Waals surface area contributed by atoms with Gasteiger partial charge in [0.15, 0.2) is 32.8 Å². The van der Waals surface area contributed by atoms with Crippen molar-refractivity contribution in [2.75, 3.05) is 33.5 Å². The maximum absolute atomic E-state index is 13.7. The van der Waals surface area contributed by atoms with Gasteiger partial charge in [0, 0.05) is 61.5 Å². The smallest absolute Gasteiger partial charge is 0.408 e. The van der Waals surface area contributed by atoms with Gasteiger partial charge in [-0.3, -0.25) is 20.2 Å². The molecule has 1 amide bonds. The zero-order valence-electron chi connectivity index (χ0n) is 69.0. The number of ether oxygens (including phenoxy) is 5. The highest BCUT2D eigenvalue weighted by Crippen LogP contribution is 2.55. The molecule has 0 unspecified atom stereocenters. The number of nitro benzene ring substituents is 2. The standard InChI is InChI=1S/C23H20Cl3N3O7S.C22H18Cl3N3O7S.C21H23Cl3N2O5.C16H15Cl3N2O3.ClH/c1-3-35-22(30)19-20(18-14(25)11-13(24)12-15(18)26)27-36-21(19)23(9-6-10-23)28(2)37(33,34)17-8-5-4-7-16(17)29(31)32;1-2-34-21(29)18-19(17-13(24)10-12(23)11-14(17)25)26-35-20(18)22(8-5-9-22)27-36(32,33)16-7-4-3-6-15(16)28(30)31;1-5-29-18(27)15-16(14-12(23)9-11(22)10-13(14)24)26-31-17(15)21(7-6-8-21)25-19(28)30-20(2,3)4;1-2-23-15(22)12-13(11-9(18)6-8(17)7-10(11)19)21-24-14(12)16(20)4-3-5-16;/h4-5,7-8,11-12H,3,6,9-10H2,1-2H3;3-4,6-7,10-11,27H,2,5,8-9H2,1H3;9-10H,5-8H2,1-4H3,(H,25,28);6-7H,2-5,20H2,1H3;1H. The third kappa shape index (κ3) is 21.5. The lowest BCUT2D eigenvalue weighted by atomic mass is 9.73. The van der Waals surface area contributed by atoms with Crippen LogP contribution in [0.2, 0.25) is 60.3 Å². The fraction of sp³-hybridized carbons (Fsp3) is 0.354. The van der Waals surface area contributed by atoms with E-state index in [1.54, 1.807) is 48.5 Å². The van der Waals surface area contributed by atoms with Crippen LogP contribution < -0.4 is 15.8 Å². The van der Waals surface area contributed by atoms with Gasteiger partial charge in [-0.25, -0.2) is 40.8 Å². The fourth-order valence-electron chi connectivity index (χ4n) is 14.5. The van der Waals surface area contributed by atoms with Crippen LogP contribution in [0.4, 0.5) is 16.2 Å². The van der Waals surface area contributed by atoms with Gasteiger partial charge in [-0.1, -0.05) is 184 Å². The summed E-state index contributed by atoms with van der Waals surface area (Å²) in [4.78, 5) is 84.6. The molecule has 4 heterocycles. The first-order valence-corrected chi connectivity index (χ1v) is 46.3. The van der Waals surface area contributed by atoms with Crippen molar-refractivity contribution in [3.05, 3.63) is 223 Å². The van der Waals surface area contributed by atoms with Crippen molar-refractivity contribution in [3.63, 3.8) is 0 Å². The molecule has 4 saturated carbocycles. The number of carbonyl (C=O) groups excluding carboxylic acids is 5. The quantitative estimate of drug-likeness (QED) is 0.0207. The number of hydrogen-bond acceptors (Lipinski definition) is 27. The van der Waals surface area contributed by atoms with Crippen LogP contribution in [0.15, 0.2) is 125 Å². The SMILES string of the molecule is CCOC(=O)c1c(-c2c(Cl)cc(Cl)cc2Cl)noc1C1(N(C)S(=O)(=O)c2ccccc2[N+](=O)[O-])CCC1.CCOC(=O)c1c(-c2c(Cl)cc(Cl)cc2Cl)noc1C1(N)CCC1.CCOC(=O)c1c(-c2c(Cl)cc(Cl)cc2Cl)noc1C1(NC(=O)OC(C)(C)C)CCC1.CCOC(=O)c1c(-c2c(Cl)cc(Cl)cc2Cl)noc1C1(NS(=O)(=O)c2ccccc2[N+](=O)[O-])CCC1.Cl. The van der Waals surface area contributed by atoms with Gasteiger partial charge in [0.05, 0.1) is 93.1 Å². The maximum atomic E-state index is 13.7. The first kappa shape index (κ1) is 103. The van der Waals surface area contributed by atoms with Gasteiger partial charge in [0.1, 0.15) is 56.2 Å². The van der Waals surface area contributed by atoms with Gasteiger partial charge < -0.3 is 52.8 Å². The van der Waals surface area contributed by atoms with E-state index in [1.807, 2.05) is 0 Å². The molecule has 4 fully saturated rings. The second-order valence-corrected chi connectivity index (χ2v) is 38.8. The van der Waals surface area contributed by atoms with Gasteiger partial charge >= 0.3 is 30.0 Å². The van der Waals surface area contributed by atoms with Gasteiger partial charge in [-0.05, 0) is 186 Å². The molecule has 0 bridgehead atoms. The van der Waals surface area contributed by atoms with E-state index in [1.165, 1.54) is 79.8 Å². The number of aromatic nitrogens is 4. The first-order valence-electron chi connectivity index (χ1n) is 38.9. The Morgan fingerprint density at radius 2 is 0.744 bits per heavy atom. The number of benzene rings is 6. The van der Waals surface area contributed by atoms with E-state index >= 15 is 0 Å². The minimum Gasteiger partial charge on any atom is -0.462 e. The Balaban J connectivity index is 0.000000180. The first-order chi connectivity index (χ1) is 60.3. The lowest BCUT2D eigenvalue weighted by Gasteiger charge is -2.45. The molecular formula is C82H77Cl13N10O22S2. The number of esters is 4. The number of halogens is 13. The van der Waals surface area contributed by atoms with E-state index in [9.17, 15) is 61.0 Å². The van der Waals surface area contributed by atoms with E-state index in [4.69, 9.17) is 187 Å². The van der Waals surface area contributed by atoms with Gasteiger partial charge in [0.2, 0.25) is 10.0 Å². The van der Waals surface area contributed by atoms with Crippen LogP contribution in [-0.4, -0.2) is 121 Å². The molecule has 4 aromatic heterocycles. The average Bonchev–Trinajstić information content (AvgIpc) is 1.66. The predicted octanol–water partition coefficient (Wildman–Crippen LogP) is 23.5. The summed E-state index contributed by atoms with van der Waals surface area (Å²) in [5.41, 5.74) is 1.14. The summed E-state index contributed by atoms with van der Waals surface area (Å²) in [5, 5.41) is 44.5. The van der Waals surface area contributed by atoms with Crippen LogP contribution in [0.1, 0.15) is 190 Å². The number of nitro groups is 2. The summed E-state index contributed by atoms with van der Waals surface area (Å²) in [6.45, 7) is 12.3. The number of rotatable bonds is 25. The molecule has 4 aliphatic carbocycles. The Labute approximate surface area is 803 Å². The summed E-state index contributed by atoms with van der Waals surface area (Å²) >= 11 is 74.7. The molecule has 14 rings (SSSR count). The van der Waals surface area contributed by atoms with Crippen LogP contribution >= 0.6 is 152 Å². The van der Waals surface area contributed by atoms with E-state index in [2.05, 4.69) is 30.7 Å². The van der Waals surface area contributed by atoms with E-state index < -0.39 is 109 Å². The second kappa shape index (κ2) is 41.8. The number of amides is 1. The molecule has 47 heteroatoms. The van der Waals surface area contributed by atoms with Crippen molar-refractivity contribution < 1.29 is 92.4 Å². The van der Waals surface area contributed by atoms with Gasteiger partial charge in [-0.2, -0.15) is 9.03 Å². The molecule has 0 spiro atoms. The van der Waals surface area contributed by atoms with Gasteiger partial charge in [-0.15, -0.1) is 12.4 Å². The molecule has 4 aliphatic rings. The molecule has 0 radical (unpaired) electrons. The number of carbonyl (C=O) groups is 5. The Morgan fingerprint density at radius 1 is 0.457 bits per heavy atom. The van der Waals surface area contributed by atoms with Crippen LogP contribution in [0.3, 0.4) is 0 Å². The van der Waals surface area contributed by atoms with E-state index in [0.717, 1.165) is 41.4 Å². The molecule has 32 nitrogen and oxygen atoms in total. The highest BCUT2D eigenvalue weighted by atomic mass is 35.5. The zero-order chi connectivity index (χ0) is 93.8. The molecule has 10 aromatic rings. The lowest BCUT2D eigenvalue weighted by Crippen LogP contribution is -2.52. The second-order valence-electron chi connectivity index (χ2n) is 30.2. The highest BCUT2D eigenvalue weighted by molar-refractivity contribution is 7.89. The van der Waals surface area contributed by atoms with Crippen LogP contribution in [0.5, 0.6) is 0 Å². The van der Waals surface area contributed by atoms with E-state index in [0.29, 0.717) is 59.9 Å². The van der Waals surface area contributed by atoms with Crippen molar-refractivity contribution in [2.45, 2.75) is 163 Å². The summed E-state index contributed by atoms with van der Waals surface area (Å²) < 4.78 is 106. The summed E-state index contributed by atoms with van der Waals surface area (Å²) in [6.07, 6.45) is 5.79. The monoisotopic (exact) mass is 2070 g/mol. The number of alkyl carbamates (subject to hydrolysis) is 1. The predicted molar refractivity (Wildman–Crippen MR) is 486 cm³/mol. The normalized spacial score (nSPS) is 15.0. The number of hydrogen-bond donors (Lipinski definition) is 3. The number of nitrogens with one attached hydrogen (secondary N) is 2. The molecule has 0 saturated heterocycles. The van der Waals surface area contributed by atoms with Crippen molar-refractivity contribution >= 4 is 213 Å². The Morgan fingerprint density at radius 3 is 1.04 bits per heavy atom. The maximum Gasteiger partial charge on any atom is 0.408 e. The minimum atomic E-state index is -4.44. The van der Waals surface area contributed by atoms with Crippen molar-refractivity contribution in [1.82, 2.24) is 35.0 Å². The topological polar surface area (TPSA) is 443 Å². The molecule has 690 valence electrons. The Kier molecular flexibility index (Phi) is 33.3. The third-order valence-corrected chi connectivity index (χ3v) is 27.8. The Bertz CT molecular complexity index is 6150. The van der Waals surface area contributed by atoms with Crippen LogP contribution in [0.25, 0.3) is 45.0 Å². The van der Waals surface area contributed by atoms with Crippen molar-refractivity contribution in [1.29, 1.82) is 0 Å². The van der Waals surface area contributed by atoms with Crippen LogP contribution in [-0.2, 0) is 65.9 Å². The average molecular weight is 2080 g/mol. The number of para-hydroxylation sites is 2. The Hall–Kier alpha value is -8.34. The minimum absolute atomic E-state index is 0. The number of nitrogens with zero attached hydrogens (tertiary/aromatic N) is 7. The van der Waals surface area contributed by atoms with Crippen LogP contribution in [0, 0.1) is 20.2 Å². The number of sulfonamides is 2. The molecule has 0 aliphatic heterocycles. The molecular weight excluding hydrogens is 2000 g/mol. The van der Waals surface area contributed by atoms with Gasteiger partial charge in [0.25, 0.3) is 21.4 Å². The number of nitrogens with two attached hydrogens (primary N) is 1. The van der Waals surface area contributed by atoms with Crippen molar-refractivity contribution in [2.24, 2.45) is 5.73 Å². The molecule has 129 heavy (non-hydrogen) atoms. The molecule has 6 aromatic carbocycles. The summed E-state index contributed by atoms with van der Waals surface area (Å²) in [6, 6.07) is 21.6. The molecule has 4 N–H and O–H groups in total. The van der Waals surface area contributed by atoms with E-state index in [-0.39, 0.29) is 194 Å². The zero-order valence-corrected chi connectivity index (χ0v) is 80.5. The molecule has 0 atom stereocenters. The summed E-state index contributed by atoms with van der Waals surface area (Å²) in [7, 11) is -7.58. The summed E-state index contributed by atoms with van der Waals surface area (Å²) in [5.74, 6) is -2.56. The fourth-order valence-corrected chi connectivity index (χ4v) is 21.7. The third-order valence-electron chi connectivity index (χ3n) is 21.0.